The summed E-state index contributed by atoms with van der Waals surface area (Å²) in [6, 6.07) is 13.5. The summed E-state index contributed by atoms with van der Waals surface area (Å²) in [5.41, 5.74) is 2.94. The number of amides is 2. The lowest BCUT2D eigenvalue weighted by Gasteiger charge is -2.53. The molecule has 4 saturated heterocycles. The van der Waals surface area contributed by atoms with Crippen LogP contribution in [0.4, 0.5) is 0 Å². The standard InChI is InChI=1S/C49H63N3O11/c1-46(2,3)62-38(54)17-15-33(26-53)51-43(55)32-9-7-8-30(21-32)24-50-45(57)49-23-36-39-40(59-27-58-39)42(49)63-52(41(49)44(56)60-36)25-29-12-10-28(11-13-29)20-31-14-16-37-48(6,61-37)19-18-35-34(31)22-47(35,4)5/h7-13,20-21,33-37,39-42,53H,14-19,22-27H2,1-6H3,(H,50,57)(H,51,55)/t33-,34+,35+,36+,37?,39-,40-,41-,42+,48+,49-/m0/s1. The Morgan fingerprint density at radius 1 is 1.02 bits per heavy atom. The molecular weight excluding hydrogens is 807 g/mol. The van der Waals surface area contributed by atoms with Crippen molar-refractivity contribution >= 4 is 29.8 Å². The minimum Gasteiger partial charge on any atom is -0.460 e. The highest BCUT2D eigenvalue weighted by Gasteiger charge is 2.74. The van der Waals surface area contributed by atoms with E-state index in [0.29, 0.717) is 34.5 Å². The molecule has 340 valence electrons. The number of aliphatic hydroxyl groups is 1. The van der Waals surface area contributed by atoms with Crippen LogP contribution in [0.1, 0.15) is 120 Å². The lowest BCUT2D eigenvalue weighted by Crippen LogP contribution is -2.69. The highest BCUT2D eigenvalue weighted by Crippen LogP contribution is 2.60. The minimum atomic E-state index is -1.33. The van der Waals surface area contributed by atoms with Gasteiger partial charge in [-0.05, 0) is 112 Å². The predicted molar refractivity (Wildman–Crippen MR) is 229 cm³/mol. The molecule has 0 spiro atoms. The van der Waals surface area contributed by atoms with Crippen molar-refractivity contribution in [2.45, 2.75) is 160 Å². The van der Waals surface area contributed by atoms with E-state index >= 15 is 0 Å². The first-order valence-electron chi connectivity index (χ1n) is 22.8. The normalized spacial score (nSPS) is 35.0. The van der Waals surface area contributed by atoms with E-state index in [1.54, 1.807) is 50.1 Å². The monoisotopic (exact) mass is 869 g/mol. The molecular formula is C49H63N3O11. The predicted octanol–water partition coefficient (Wildman–Crippen LogP) is 5.53. The number of benzene rings is 2. The van der Waals surface area contributed by atoms with Crippen LogP contribution in [0.5, 0.6) is 0 Å². The Morgan fingerprint density at radius 3 is 2.54 bits per heavy atom. The summed E-state index contributed by atoms with van der Waals surface area (Å²) in [6.07, 6.45) is 6.10. The maximum atomic E-state index is 14.7. The summed E-state index contributed by atoms with van der Waals surface area (Å²) in [5, 5.41) is 17.4. The first-order valence-corrected chi connectivity index (χ1v) is 22.8. The second kappa shape index (κ2) is 16.7. The van der Waals surface area contributed by atoms with Gasteiger partial charge in [-0.15, -0.1) is 0 Å². The van der Waals surface area contributed by atoms with E-state index < -0.39 is 65.4 Å². The molecule has 14 heteroatoms. The zero-order chi connectivity index (χ0) is 44.5. The average molecular weight is 870 g/mol. The Labute approximate surface area is 369 Å². The van der Waals surface area contributed by atoms with E-state index in [1.807, 2.05) is 0 Å². The molecule has 0 radical (unpaired) electrons. The van der Waals surface area contributed by atoms with Crippen LogP contribution < -0.4 is 10.6 Å². The average Bonchev–Trinajstić information content (AvgIpc) is 3.50. The van der Waals surface area contributed by atoms with E-state index in [4.69, 9.17) is 28.5 Å². The Balaban J connectivity index is 0.883. The molecule has 3 N–H and O–H groups in total. The first-order chi connectivity index (χ1) is 30.0. The van der Waals surface area contributed by atoms with E-state index in [9.17, 15) is 24.3 Å². The van der Waals surface area contributed by atoms with Crippen molar-refractivity contribution in [1.29, 1.82) is 0 Å². The number of fused-ring (bicyclic) bond motifs is 6. The van der Waals surface area contributed by atoms with Crippen molar-refractivity contribution in [3.63, 3.8) is 0 Å². The fourth-order valence-electron chi connectivity index (χ4n) is 11.5. The Bertz CT molecular complexity index is 2130. The number of nitrogens with one attached hydrogen (secondary N) is 2. The third kappa shape index (κ3) is 8.59. The third-order valence-electron chi connectivity index (χ3n) is 14.9. The smallest absolute Gasteiger partial charge is 0.327 e. The van der Waals surface area contributed by atoms with Crippen molar-refractivity contribution < 1.29 is 52.8 Å². The maximum absolute atomic E-state index is 14.7. The van der Waals surface area contributed by atoms with Crippen LogP contribution in [-0.4, -0.2) is 101 Å². The molecule has 3 aliphatic carbocycles. The molecule has 11 atom stereocenters. The van der Waals surface area contributed by atoms with Gasteiger partial charge in [0.2, 0.25) is 5.91 Å². The van der Waals surface area contributed by atoms with Gasteiger partial charge >= 0.3 is 11.9 Å². The number of hydrogen-bond acceptors (Lipinski definition) is 12. The molecule has 2 amide bonds. The van der Waals surface area contributed by atoms with Crippen molar-refractivity contribution in [3.05, 3.63) is 76.4 Å². The number of epoxide rings is 1. The van der Waals surface area contributed by atoms with Gasteiger partial charge in [0, 0.05) is 24.9 Å². The van der Waals surface area contributed by atoms with Gasteiger partial charge in [0.05, 0.1) is 30.9 Å². The quantitative estimate of drug-likeness (QED) is 0.180. The molecule has 9 rings (SSSR count). The SMILES string of the molecule is CC(C)(C)OC(=O)CC[C@@H](CO)NC(=O)c1cccc(CNC(=O)[C@@]23C[C@H]4OC(=O)[C@@H]2N(Cc2ccc(C=C5CCC6O[C@]6(C)CC[C@@H]6[C@@H]5CC6(C)C)cc2)O[C@@H]3[C@H]2OCO[C@H]24)c1. The van der Waals surface area contributed by atoms with Crippen molar-refractivity contribution in [1.82, 2.24) is 15.7 Å². The van der Waals surface area contributed by atoms with Crippen LogP contribution in [0.2, 0.25) is 0 Å². The number of carbonyl (C=O) groups excluding carboxylic acids is 4. The first kappa shape index (κ1) is 44.0. The summed E-state index contributed by atoms with van der Waals surface area (Å²) in [6.45, 7) is 12.4. The summed E-state index contributed by atoms with van der Waals surface area (Å²) in [5.74, 6) is -0.524. The molecule has 3 saturated carbocycles. The number of allylic oxidation sites excluding steroid dienone is 1. The minimum absolute atomic E-state index is 0.00166. The van der Waals surface area contributed by atoms with Crippen LogP contribution in [0.3, 0.4) is 0 Å². The number of hydrogen-bond donors (Lipinski definition) is 3. The summed E-state index contributed by atoms with van der Waals surface area (Å²) >= 11 is 0. The van der Waals surface area contributed by atoms with Crippen LogP contribution in [0, 0.1) is 22.7 Å². The third-order valence-corrected chi connectivity index (χ3v) is 14.9. The van der Waals surface area contributed by atoms with Gasteiger partial charge < -0.3 is 39.4 Å². The van der Waals surface area contributed by atoms with Crippen molar-refractivity contribution in [3.8, 4) is 0 Å². The van der Waals surface area contributed by atoms with Gasteiger partial charge in [-0.2, -0.15) is 5.06 Å². The number of nitrogens with zero attached hydrogens (tertiary/aromatic N) is 1. The van der Waals surface area contributed by atoms with Crippen molar-refractivity contribution in [2.24, 2.45) is 22.7 Å². The van der Waals surface area contributed by atoms with E-state index in [-0.39, 0.29) is 57.3 Å². The largest absolute Gasteiger partial charge is 0.460 e. The van der Waals surface area contributed by atoms with Gasteiger partial charge in [0.15, 0.2) is 6.04 Å². The number of rotatable bonds is 12. The van der Waals surface area contributed by atoms with Gasteiger partial charge in [-0.1, -0.05) is 61.9 Å². The van der Waals surface area contributed by atoms with Gasteiger partial charge in [-0.3, -0.25) is 24.0 Å². The molecule has 2 aromatic carbocycles. The van der Waals surface area contributed by atoms with E-state index in [2.05, 4.69) is 61.7 Å². The second-order valence-electron chi connectivity index (χ2n) is 20.8. The second-order valence-corrected chi connectivity index (χ2v) is 20.8. The number of carbonyl (C=O) groups is 4. The van der Waals surface area contributed by atoms with Crippen LogP contribution in [-0.2, 0) is 56.0 Å². The number of esters is 2. The summed E-state index contributed by atoms with van der Waals surface area (Å²) < 4.78 is 29.4. The summed E-state index contributed by atoms with van der Waals surface area (Å²) in [7, 11) is 0. The summed E-state index contributed by atoms with van der Waals surface area (Å²) in [4.78, 5) is 60.8. The molecule has 2 aromatic rings. The van der Waals surface area contributed by atoms with Crippen molar-refractivity contribution in [2.75, 3.05) is 13.4 Å². The molecule has 7 aliphatic rings. The molecule has 14 nitrogen and oxygen atoms in total. The zero-order valence-electron chi connectivity index (χ0n) is 37.4. The molecule has 2 bridgehead atoms. The van der Waals surface area contributed by atoms with Gasteiger partial charge in [-0.25, -0.2) is 0 Å². The molecule has 7 fully saturated rings. The van der Waals surface area contributed by atoms with Crippen LogP contribution in [0.25, 0.3) is 6.08 Å². The molecule has 4 heterocycles. The Hall–Kier alpha value is -4.18. The highest BCUT2D eigenvalue weighted by atomic mass is 16.8. The fourth-order valence-corrected chi connectivity index (χ4v) is 11.5. The lowest BCUT2D eigenvalue weighted by atomic mass is 9.52. The van der Waals surface area contributed by atoms with Gasteiger partial charge in [0.1, 0.15) is 42.2 Å². The maximum Gasteiger partial charge on any atom is 0.327 e. The number of aliphatic hydroxyl groups excluding tert-OH is 1. The number of hydroxylamine groups is 2. The Morgan fingerprint density at radius 2 is 1.79 bits per heavy atom. The molecule has 1 unspecified atom stereocenters. The van der Waals surface area contributed by atoms with E-state index in [0.717, 1.165) is 30.4 Å². The highest BCUT2D eigenvalue weighted by molar-refractivity contribution is 5.95. The fraction of sp³-hybridized carbons (Fsp3) is 0.633. The molecule has 4 aliphatic heterocycles. The van der Waals surface area contributed by atoms with Crippen LogP contribution >= 0.6 is 0 Å². The number of ether oxygens (including phenoxy) is 5. The van der Waals surface area contributed by atoms with Gasteiger partial charge in [0.25, 0.3) is 5.91 Å². The van der Waals surface area contributed by atoms with Crippen LogP contribution in [0.15, 0.2) is 54.1 Å². The molecule has 0 aromatic heterocycles. The lowest BCUT2D eigenvalue weighted by molar-refractivity contribution is -0.201. The zero-order valence-corrected chi connectivity index (χ0v) is 37.4. The Kier molecular flexibility index (Phi) is 11.7. The van der Waals surface area contributed by atoms with E-state index in [1.165, 1.54) is 18.4 Å². The molecule has 63 heavy (non-hydrogen) atoms. The topological polar surface area (TPSA) is 174 Å².